The molecule has 0 unspecified atom stereocenters. The molecule has 0 atom stereocenters. The fourth-order valence-corrected chi connectivity index (χ4v) is 2.50. The molecular formula is C10H13NS2. The van der Waals surface area contributed by atoms with Gasteiger partial charge in [-0.1, -0.05) is 19.9 Å². The van der Waals surface area contributed by atoms with Gasteiger partial charge in [0, 0.05) is 11.6 Å². The van der Waals surface area contributed by atoms with Crippen molar-refractivity contribution in [3.63, 3.8) is 0 Å². The first-order valence-electron chi connectivity index (χ1n) is 4.29. The maximum absolute atomic E-state index is 4.26. The molecule has 0 aromatic carbocycles. The van der Waals surface area contributed by atoms with Crippen LogP contribution in [0.3, 0.4) is 0 Å². The highest BCUT2D eigenvalue weighted by Crippen LogP contribution is 2.29. The fourth-order valence-electron chi connectivity index (χ4n) is 0.951. The Morgan fingerprint density at radius 3 is 2.77 bits per heavy atom. The van der Waals surface area contributed by atoms with Crippen molar-refractivity contribution in [2.24, 2.45) is 0 Å². The zero-order valence-electron chi connectivity index (χ0n) is 8.07. The Bertz CT molecular complexity index is 335. The predicted octanol–water partition coefficient (Wildman–Crippen LogP) is 4.04. The zero-order chi connectivity index (χ0) is 9.68. The molecule has 0 N–H and O–H groups in total. The van der Waals surface area contributed by atoms with Crippen LogP contribution in [0.15, 0.2) is 28.6 Å². The summed E-state index contributed by atoms with van der Waals surface area (Å²) in [6.07, 6.45) is 3.92. The Balaban J connectivity index is 0.000000396. The van der Waals surface area contributed by atoms with Gasteiger partial charge in [0.15, 0.2) is 0 Å². The SMILES string of the molecule is CC.CSc1cc2cccnc2s1. The lowest BCUT2D eigenvalue weighted by molar-refractivity contribution is 1.45. The molecule has 0 radical (unpaired) electrons. The van der Waals surface area contributed by atoms with Crippen molar-refractivity contribution in [2.45, 2.75) is 18.1 Å². The molecule has 0 spiro atoms. The number of rotatable bonds is 1. The predicted molar refractivity (Wildman–Crippen MR) is 62.7 cm³/mol. The van der Waals surface area contributed by atoms with Gasteiger partial charge in [-0.05, 0) is 18.4 Å². The molecule has 0 bridgehead atoms. The summed E-state index contributed by atoms with van der Waals surface area (Å²) in [6.45, 7) is 4.00. The van der Waals surface area contributed by atoms with Gasteiger partial charge in [0.05, 0.1) is 4.21 Å². The second kappa shape index (κ2) is 5.25. The first-order chi connectivity index (χ1) is 6.40. The van der Waals surface area contributed by atoms with E-state index in [0.29, 0.717) is 0 Å². The zero-order valence-corrected chi connectivity index (χ0v) is 9.71. The summed E-state index contributed by atoms with van der Waals surface area (Å²) in [6, 6.07) is 6.25. The lowest BCUT2D eigenvalue weighted by atomic mass is 10.4. The van der Waals surface area contributed by atoms with Gasteiger partial charge in [-0.2, -0.15) is 0 Å². The minimum absolute atomic E-state index is 1.14. The van der Waals surface area contributed by atoms with E-state index in [1.807, 2.05) is 26.1 Å². The Morgan fingerprint density at radius 2 is 2.15 bits per heavy atom. The maximum atomic E-state index is 4.26. The Kier molecular flexibility index (Phi) is 4.25. The molecule has 1 nitrogen and oxygen atoms in total. The molecule has 0 aliphatic heterocycles. The van der Waals surface area contributed by atoms with Crippen LogP contribution < -0.4 is 0 Å². The minimum atomic E-state index is 1.14. The summed E-state index contributed by atoms with van der Waals surface area (Å²) in [7, 11) is 0. The van der Waals surface area contributed by atoms with Crippen molar-refractivity contribution in [3.8, 4) is 0 Å². The highest BCUT2D eigenvalue weighted by atomic mass is 32.2. The van der Waals surface area contributed by atoms with Crippen LogP contribution in [0.5, 0.6) is 0 Å². The van der Waals surface area contributed by atoms with E-state index in [0.717, 1.165) is 4.83 Å². The van der Waals surface area contributed by atoms with E-state index in [1.54, 1.807) is 23.1 Å². The van der Waals surface area contributed by atoms with Crippen LogP contribution in [0, 0.1) is 0 Å². The number of hydrogen-bond donors (Lipinski definition) is 0. The minimum Gasteiger partial charge on any atom is -0.245 e. The molecule has 3 heteroatoms. The topological polar surface area (TPSA) is 12.9 Å². The molecule has 2 rings (SSSR count). The molecule has 0 saturated carbocycles. The van der Waals surface area contributed by atoms with Crippen molar-refractivity contribution in [2.75, 3.05) is 6.26 Å². The standard InChI is InChI=1S/C8H7NS2.C2H6/c1-10-7-5-6-3-2-4-9-8(6)11-7;1-2/h2-5H,1H3;1-2H3. The highest BCUT2D eigenvalue weighted by Gasteiger charge is 1.98. The van der Waals surface area contributed by atoms with Gasteiger partial charge in [-0.25, -0.2) is 4.98 Å². The van der Waals surface area contributed by atoms with Crippen LogP contribution in [0.25, 0.3) is 10.2 Å². The van der Waals surface area contributed by atoms with Crippen molar-refractivity contribution >= 4 is 33.3 Å². The molecule has 0 amide bonds. The van der Waals surface area contributed by atoms with Gasteiger partial charge < -0.3 is 0 Å². The number of thioether (sulfide) groups is 1. The van der Waals surface area contributed by atoms with E-state index < -0.39 is 0 Å². The van der Waals surface area contributed by atoms with Crippen LogP contribution in [-0.4, -0.2) is 11.2 Å². The summed E-state index contributed by atoms with van der Waals surface area (Å²) in [5.74, 6) is 0. The number of fused-ring (bicyclic) bond motifs is 1. The van der Waals surface area contributed by atoms with Gasteiger partial charge in [0.25, 0.3) is 0 Å². The first-order valence-corrected chi connectivity index (χ1v) is 6.33. The fraction of sp³-hybridized carbons (Fsp3) is 0.300. The molecule has 0 aliphatic carbocycles. The maximum Gasteiger partial charge on any atom is 0.124 e. The summed E-state index contributed by atoms with van der Waals surface area (Å²) < 4.78 is 1.33. The summed E-state index contributed by atoms with van der Waals surface area (Å²) in [4.78, 5) is 5.39. The quantitative estimate of drug-likeness (QED) is 0.660. The Labute approximate surface area is 87.2 Å². The molecule has 2 aromatic heterocycles. The number of thiophene rings is 1. The number of aromatic nitrogens is 1. The number of nitrogens with zero attached hydrogens (tertiary/aromatic N) is 1. The average molecular weight is 211 g/mol. The van der Waals surface area contributed by atoms with E-state index in [1.165, 1.54) is 9.60 Å². The van der Waals surface area contributed by atoms with Gasteiger partial charge in [0.1, 0.15) is 4.83 Å². The molecule has 0 saturated heterocycles. The molecule has 2 heterocycles. The van der Waals surface area contributed by atoms with Gasteiger partial charge in [-0.15, -0.1) is 23.1 Å². The first kappa shape index (κ1) is 10.5. The Hall–Kier alpha value is -0.540. The third kappa shape index (κ3) is 2.45. The van der Waals surface area contributed by atoms with Crippen molar-refractivity contribution in [3.05, 3.63) is 24.4 Å². The van der Waals surface area contributed by atoms with Gasteiger partial charge in [0.2, 0.25) is 0 Å². The van der Waals surface area contributed by atoms with Crippen LogP contribution in [-0.2, 0) is 0 Å². The van der Waals surface area contributed by atoms with Crippen LogP contribution in [0.4, 0.5) is 0 Å². The van der Waals surface area contributed by atoms with Crippen LogP contribution in [0.1, 0.15) is 13.8 Å². The number of hydrogen-bond acceptors (Lipinski definition) is 3. The largest absolute Gasteiger partial charge is 0.245 e. The van der Waals surface area contributed by atoms with Crippen molar-refractivity contribution < 1.29 is 0 Å². The summed E-state index contributed by atoms with van der Waals surface area (Å²) in [5.41, 5.74) is 0. The molecule has 0 aliphatic rings. The van der Waals surface area contributed by atoms with Crippen LogP contribution in [0.2, 0.25) is 0 Å². The smallest absolute Gasteiger partial charge is 0.124 e. The summed E-state index contributed by atoms with van der Waals surface area (Å²) in [5, 5.41) is 1.25. The van der Waals surface area contributed by atoms with E-state index in [4.69, 9.17) is 0 Å². The molecule has 13 heavy (non-hydrogen) atoms. The van der Waals surface area contributed by atoms with E-state index in [-0.39, 0.29) is 0 Å². The molecule has 0 fully saturated rings. The van der Waals surface area contributed by atoms with Crippen molar-refractivity contribution in [1.82, 2.24) is 4.98 Å². The highest BCUT2D eigenvalue weighted by molar-refractivity contribution is 8.00. The van der Waals surface area contributed by atoms with Crippen molar-refractivity contribution in [1.29, 1.82) is 0 Å². The average Bonchev–Trinajstić information content (AvgIpc) is 2.63. The van der Waals surface area contributed by atoms with E-state index in [2.05, 4.69) is 23.4 Å². The lowest BCUT2D eigenvalue weighted by Crippen LogP contribution is -1.65. The second-order valence-corrected chi connectivity index (χ2v) is 4.30. The van der Waals surface area contributed by atoms with E-state index in [9.17, 15) is 0 Å². The third-order valence-corrected chi connectivity index (χ3v) is 3.60. The molecular weight excluding hydrogens is 198 g/mol. The Morgan fingerprint density at radius 1 is 1.38 bits per heavy atom. The molecule has 2 aromatic rings. The van der Waals surface area contributed by atoms with Gasteiger partial charge in [-0.3, -0.25) is 0 Å². The molecule has 70 valence electrons. The van der Waals surface area contributed by atoms with Gasteiger partial charge >= 0.3 is 0 Å². The monoisotopic (exact) mass is 211 g/mol. The normalized spacial score (nSPS) is 9.46. The lowest BCUT2D eigenvalue weighted by Gasteiger charge is -1.81. The summed E-state index contributed by atoms with van der Waals surface area (Å²) >= 11 is 3.52. The van der Waals surface area contributed by atoms with E-state index >= 15 is 0 Å². The number of pyridine rings is 1. The third-order valence-electron chi connectivity index (χ3n) is 1.47. The van der Waals surface area contributed by atoms with Crippen LogP contribution >= 0.6 is 23.1 Å². The second-order valence-electron chi connectivity index (χ2n) is 2.17.